The van der Waals surface area contributed by atoms with Crippen molar-refractivity contribution in [3.05, 3.63) is 24.3 Å². The number of rotatable bonds is 4. The lowest BCUT2D eigenvalue weighted by Gasteiger charge is -2.28. The number of benzene rings is 1. The minimum absolute atomic E-state index is 0.501. The van der Waals surface area contributed by atoms with E-state index in [0.717, 1.165) is 18.8 Å². The van der Waals surface area contributed by atoms with Gasteiger partial charge in [-0.1, -0.05) is 12.1 Å². The molecule has 1 aliphatic rings. The molecule has 1 aromatic rings. The number of para-hydroxylation sites is 2. The molecule has 0 radical (unpaired) electrons. The van der Waals surface area contributed by atoms with Crippen molar-refractivity contribution < 1.29 is 4.74 Å². The fraction of sp³-hybridized carbons (Fsp3) is 0.571. The lowest BCUT2D eigenvalue weighted by atomic mass is 10.0. The Hall–Kier alpha value is -1.22. The van der Waals surface area contributed by atoms with E-state index in [-0.39, 0.29) is 0 Å². The largest absolute Gasteiger partial charge is 0.492 e. The van der Waals surface area contributed by atoms with Crippen LogP contribution in [0.2, 0.25) is 0 Å². The van der Waals surface area contributed by atoms with Crippen molar-refractivity contribution in [3.63, 3.8) is 0 Å². The smallest absolute Gasteiger partial charge is 0.142 e. The third-order valence-electron chi connectivity index (χ3n) is 3.69. The van der Waals surface area contributed by atoms with Gasteiger partial charge >= 0.3 is 0 Å². The van der Waals surface area contributed by atoms with E-state index in [1.165, 1.54) is 12.1 Å². The van der Waals surface area contributed by atoms with E-state index in [1.54, 1.807) is 0 Å². The summed E-state index contributed by atoms with van der Waals surface area (Å²) in [6.07, 6.45) is 1.18. The minimum atomic E-state index is 0.501. The van der Waals surface area contributed by atoms with Crippen LogP contribution in [0.15, 0.2) is 24.3 Å². The number of ether oxygens (including phenoxy) is 1. The lowest BCUT2D eigenvalue weighted by molar-refractivity contribution is 0.340. The maximum atomic E-state index is 5.80. The molecule has 94 valence electrons. The zero-order valence-corrected chi connectivity index (χ0v) is 10.7. The van der Waals surface area contributed by atoms with E-state index in [1.807, 2.05) is 19.1 Å². The second kappa shape index (κ2) is 5.41. The van der Waals surface area contributed by atoms with Gasteiger partial charge in [-0.25, -0.2) is 0 Å². The molecule has 1 aromatic carbocycles. The molecule has 3 nitrogen and oxygen atoms in total. The molecule has 0 aliphatic carbocycles. The Labute approximate surface area is 104 Å². The van der Waals surface area contributed by atoms with Crippen LogP contribution in [0, 0.1) is 5.92 Å². The molecule has 1 saturated heterocycles. The highest BCUT2D eigenvalue weighted by atomic mass is 16.5. The average Bonchev–Trinajstić information content (AvgIpc) is 2.72. The van der Waals surface area contributed by atoms with E-state index in [9.17, 15) is 0 Å². The Morgan fingerprint density at radius 3 is 2.82 bits per heavy atom. The van der Waals surface area contributed by atoms with Crippen LogP contribution in [0.25, 0.3) is 0 Å². The SMILES string of the molecule is CCOc1ccccc1N1CCC(CN)C1C. The monoisotopic (exact) mass is 234 g/mol. The summed E-state index contributed by atoms with van der Waals surface area (Å²) in [6.45, 7) is 6.83. The summed E-state index contributed by atoms with van der Waals surface area (Å²) in [5.74, 6) is 1.59. The topological polar surface area (TPSA) is 38.5 Å². The molecule has 0 bridgehead atoms. The first-order chi connectivity index (χ1) is 8.27. The third kappa shape index (κ3) is 2.39. The quantitative estimate of drug-likeness (QED) is 0.868. The Morgan fingerprint density at radius 1 is 1.41 bits per heavy atom. The second-order valence-corrected chi connectivity index (χ2v) is 4.62. The van der Waals surface area contributed by atoms with E-state index < -0.39 is 0 Å². The number of hydrogen-bond donors (Lipinski definition) is 1. The maximum Gasteiger partial charge on any atom is 0.142 e. The van der Waals surface area contributed by atoms with Gasteiger partial charge in [-0.15, -0.1) is 0 Å². The molecule has 1 fully saturated rings. The highest BCUT2D eigenvalue weighted by Gasteiger charge is 2.30. The molecular weight excluding hydrogens is 212 g/mol. The number of nitrogens with two attached hydrogens (primary N) is 1. The Bertz CT molecular complexity index is 367. The van der Waals surface area contributed by atoms with Crippen LogP contribution in [0.3, 0.4) is 0 Å². The van der Waals surface area contributed by atoms with Gasteiger partial charge in [0.25, 0.3) is 0 Å². The van der Waals surface area contributed by atoms with Gasteiger partial charge in [0.05, 0.1) is 12.3 Å². The molecule has 2 atom stereocenters. The molecule has 2 N–H and O–H groups in total. The summed E-state index contributed by atoms with van der Waals surface area (Å²) in [5.41, 5.74) is 7.01. The normalized spacial score (nSPS) is 24.1. The molecule has 2 rings (SSSR count). The summed E-state index contributed by atoms with van der Waals surface area (Å²) in [5, 5.41) is 0. The number of hydrogen-bond acceptors (Lipinski definition) is 3. The first-order valence-corrected chi connectivity index (χ1v) is 6.46. The van der Waals surface area contributed by atoms with Crippen LogP contribution in [-0.4, -0.2) is 25.7 Å². The molecule has 0 spiro atoms. The molecule has 0 amide bonds. The third-order valence-corrected chi connectivity index (χ3v) is 3.69. The fourth-order valence-corrected chi connectivity index (χ4v) is 2.63. The Kier molecular flexibility index (Phi) is 3.89. The standard InChI is InChI=1S/C14H22N2O/c1-3-17-14-7-5-4-6-13(14)16-9-8-12(10-15)11(16)2/h4-7,11-12H,3,8-10,15H2,1-2H3. The number of nitrogens with zero attached hydrogens (tertiary/aromatic N) is 1. The second-order valence-electron chi connectivity index (χ2n) is 4.62. The molecule has 1 aliphatic heterocycles. The summed E-state index contributed by atoms with van der Waals surface area (Å²) in [7, 11) is 0. The van der Waals surface area contributed by atoms with Crippen molar-refractivity contribution in [2.45, 2.75) is 26.3 Å². The van der Waals surface area contributed by atoms with Crippen molar-refractivity contribution in [3.8, 4) is 5.75 Å². The van der Waals surface area contributed by atoms with Crippen LogP contribution in [-0.2, 0) is 0 Å². The zero-order valence-electron chi connectivity index (χ0n) is 10.7. The van der Waals surface area contributed by atoms with Crippen LogP contribution in [0.4, 0.5) is 5.69 Å². The molecule has 17 heavy (non-hydrogen) atoms. The summed E-state index contributed by atoms with van der Waals surface area (Å²) in [6, 6.07) is 8.78. The fourth-order valence-electron chi connectivity index (χ4n) is 2.63. The van der Waals surface area contributed by atoms with Gasteiger partial charge in [0.15, 0.2) is 0 Å². The van der Waals surface area contributed by atoms with E-state index in [4.69, 9.17) is 10.5 Å². The van der Waals surface area contributed by atoms with Crippen LogP contribution >= 0.6 is 0 Å². The first kappa shape index (κ1) is 12.2. The van der Waals surface area contributed by atoms with Crippen LogP contribution in [0.1, 0.15) is 20.3 Å². The maximum absolute atomic E-state index is 5.80. The van der Waals surface area contributed by atoms with Gasteiger partial charge < -0.3 is 15.4 Å². The predicted molar refractivity (Wildman–Crippen MR) is 71.6 cm³/mol. The molecule has 1 heterocycles. The highest BCUT2D eigenvalue weighted by molar-refractivity contribution is 5.59. The van der Waals surface area contributed by atoms with Crippen molar-refractivity contribution in [2.24, 2.45) is 11.7 Å². The lowest BCUT2D eigenvalue weighted by Crippen LogP contribution is -2.32. The van der Waals surface area contributed by atoms with Gasteiger partial charge in [0.1, 0.15) is 5.75 Å². The molecule has 2 unspecified atom stereocenters. The van der Waals surface area contributed by atoms with Crippen molar-refractivity contribution in [2.75, 3.05) is 24.6 Å². The summed E-state index contributed by atoms with van der Waals surface area (Å²) in [4.78, 5) is 2.42. The van der Waals surface area contributed by atoms with Crippen molar-refractivity contribution in [1.82, 2.24) is 0 Å². The Balaban J connectivity index is 2.22. The molecule has 0 saturated carbocycles. The van der Waals surface area contributed by atoms with Crippen molar-refractivity contribution >= 4 is 5.69 Å². The summed E-state index contributed by atoms with van der Waals surface area (Å²) >= 11 is 0. The van der Waals surface area contributed by atoms with Crippen molar-refractivity contribution in [1.29, 1.82) is 0 Å². The minimum Gasteiger partial charge on any atom is -0.492 e. The highest BCUT2D eigenvalue weighted by Crippen LogP contribution is 2.35. The van der Waals surface area contributed by atoms with E-state index in [0.29, 0.717) is 18.6 Å². The van der Waals surface area contributed by atoms with Gasteiger partial charge in [0, 0.05) is 12.6 Å². The first-order valence-electron chi connectivity index (χ1n) is 6.46. The number of anilines is 1. The van der Waals surface area contributed by atoms with E-state index in [2.05, 4.69) is 24.0 Å². The molecule has 3 heteroatoms. The summed E-state index contributed by atoms with van der Waals surface area (Å²) < 4.78 is 5.69. The average molecular weight is 234 g/mol. The molecule has 0 aromatic heterocycles. The van der Waals surface area contributed by atoms with Gasteiger partial charge in [0.2, 0.25) is 0 Å². The Morgan fingerprint density at radius 2 is 2.18 bits per heavy atom. The van der Waals surface area contributed by atoms with Crippen LogP contribution in [0.5, 0.6) is 5.75 Å². The van der Waals surface area contributed by atoms with Crippen LogP contribution < -0.4 is 15.4 Å². The van der Waals surface area contributed by atoms with Gasteiger partial charge in [-0.2, -0.15) is 0 Å². The van der Waals surface area contributed by atoms with Gasteiger partial charge in [-0.05, 0) is 44.9 Å². The van der Waals surface area contributed by atoms with Gasteiger partial charge in [-0.3, -0.25) is 0 Å². The predicted octanol–water partition coefficient (Wildman–Crippen LogP) is 2.26. The zero-order chi connectivity index (χ0) is 12.3. The molecular formula is C14H22N2O. The van der Waals surface area contributed by atoms with E-state index >= 15 is 0 Å².